The number of anilines is 2. The first-order chi connectivity index (χ1) is 11.7. The van der Waals surface area contributed by atoms with E-state index in [-0.39, 0.29) is 17.9 Å². The van der Waals surface area contributed by atoms with Gasteiger partial charge >= 0.3 is 6.18 Å². The molecule has 0 unspecified atom stereocenters. The Balaban J connectivity index is 2.24. The average molecular weight is 353 g/mol. The third-order valence-electron chi connectivity index (χ3n) is 3.21. The Hall–Kier alpha value is -3.10. The minimum absolute atomic E-state index is 0.0747. The van der Waals surface area contributed by atoms with E-state index in [1.165, 1.54) is 18.2 Å². The third kappa shape index (κ3) is 4.69. The van der Waals surface area contributed by atoms with E-state index in [0.29, 0.717) is 18.0 Å². The zero-order valence-corrected chi connectivity index (χ0v) is 13.0. The summed E-state index contributed by atoms with van der Waals surface area (Å²) in [5.74, 6) is -1.04. The molecule has 0 atom stereocenters. The van der Waals surface area contributed by atoms with Crippen LogP contribution in [0.1, 0.15) is 29.3 Å². The molecule has 0 aliphatic heterocycles. The summed E-state index contributed by atoms with van der Waals surface area (Å²) in [5, 5.41) is 4.69. The molecular weight excluding hydrogens is 339 g/mol. The highest BCUT2D eigenvalue weighted by molar-refractivity contribution is 6.05. The molecule has 0 bridgehead atoms. The highest BCUT2D eigenvalue weighted by Gasteiger charge is 2.31. The topological polar surface area (TPSA) is 91.1 Å². The van der Waals surface area contributed by atoms with Crippen LogP contribution < -0.4 is 16.2 Å². The van der Waals surface area contributed by atoms with Crippen LogP contribution in [0.25, 0.3) is 0 Å². The molecule has 0 fully saturated rings. The minimum Gasteiger partial charge on any atom is -0.327 e. The molecule has 0 saturated heterocycles. The third-order valence-corrected chi connectivity index (χ3v) is 3.21. The lowest BCUT2D eigenvalue weighted by Crippen LogP contribution is -2.21. The van der Waals surface area contributed by atoms with Gasteiger partial charge in [0.1, 0.15) is 5.69 Å². The van der Waals surface area contributed by atoms with Crippen molar-refractivity contribution >= 4 is 23.2 Å². The zero-order chi connectivity index (χ0) is 18.6. The van der Waals surface area contributed by atoms with Crippen molar-refractivity contribution in [3.05, 3.63) is 58.0 Å². The van der Waals surface area contributed by atoms with Gasteiger partial charge in [-0.15, -0.1) is 0 Å². The Morgan fingerprint density at radius 1 is 1.16 bits per heavy atom. The molecule has 2 amide bonds. The quantitative estimate of drug-likeness (QED) is 0.789. The van der Waals surface area contributed by atoms with Crippen LogP contribution in [0.5, 0.6) is 0 Å². The average Bonchev–Trinajstić information content (AvgIpc) is 2.55. The summed E-state index contributed by atoms with van der Waals surface area (Å²) in [4.78, 5) is 37.1. The lowest BCUT2D eigenvalue weighted by Gasteiger charge is -2.10. The molecule has 0 aliphatic carbocycles. The number of alkyl halides is 3. The molecule has 1 heterocycles. The van der Waals surface area contributed by atoms with Crippen molar-refractivity contribution in [3.8, 4) is 0 Å². The van der Waals surface area contributed by atoms with Gasteiger partial charge in [-0.3, -0.25) is 14.4 Å². The van der Waals surface area contributed by atoms with E-state index in [9.17, 15) is 27.6 Å². The van der Waals surface area contributed by atoms with Crippen LogP contribution in [-0.4, -0.2) is 16.8 Å². The number of H-pyrrole nitrogens is 1. The van der Waals surface area contributed by atoms with Gasteiger partial charge in [-0.1, -0.05) is 13.0 Å². The number of aromatic nitrogens is 1. The van der Waals surface area contributed by atoms with E-state index in [0.717, 1.165) is 0 Å². The van der Waals surface area contributed by atoms with E-state index in [1.54, 1.807) is 13.0 Å². The molecule has 0 aliphatic rings. The number of pyridine rings is 1. The summed E-state index contributed by atoms with van der Waals surface area (Å²) in [5.41, 5.74) is -2.05. The minimum atomic E-state index is -4.66. The van der Waals surface area contributed by atoms with Gasteiger partial charge in [-0.05, 0) is 24.3 Å². The molecule has 25 heavy (non-hydrogen) atoms. The van der Waals surface area contributed by atoms with E-state index in [2.05, 4.69) is 10.6 Å². The number of rotatable bonds is 4. The zero-order valence-electron chi connectivity index (χ0n) is 13.0. The Kier molecular flexibility index (Phi) is 5.26. The SMILES string of the molecule is CCC(=O)Nc1cccc(C(=O)Nc2cc(C(F)(F)F)c[nH]c2=O)c1. The maximum atomic E-state index is 12.7. The summed E-state index contributed by atoms with van der Waals surface area (Å²) in [6, 6.07) is 6.36. The molecule has 2 aromatic rings. The summed E-state index contributed by atoms with van der Waals surface area (Å²) < 4.78 is 38.1. The molecule has 0 radical (unpaired) electrons. The second-order valence-corrected chi connectivity index (χ2v) is 5.07. The monoisotopic (exact) mass is 353 g/mol. The van der Waals surface area contributed by atoms with Crippen LogP contribution in [0.3, 0.4) is 0 Å². The number of benzene rings is 1. The summed E-state index contributed by atoms with van der Waals surface area (Å²) >= 11 is 0. The number of halogens is 3. The van der Waals surface area contributed by atoms with Crippen LogP contribution >= 0.6 is 0 Å². The molecule has 1 aromatic heterocycles. The Labute approximate surface area is 140 Å². The second kappa shape index (κ2) is 7.20. The number of carbonyl (C=O) groups excluding carboxylic acids is 2. The van der Waals surface area contributed by atoms with Crippen molar-refractivity contribution in [1.29, 1.82) is 0 Å². The largest absolute Gasteiger partial charge is 0.417 e. The van der Waals surface area contributed by atoms with Crippen molar-refractivity contribution in [2.45, 2.75) is 19.5 Å². The van der Waals surface area contributed by atoms with Gasteiger partial charge in [0.15, 0.2) is 0 Å². The fourth-order valence-electron chi connectivity index (χ4n) is 1.92. The van der Waals surface area contributed by atoms with Crippen LogP contribution in [-0.2, 0) is 11.0 Å². The summed E-state index contributed by atoms with van der Waals surface area (Å²) in [6.45, 7) is 1.66. The number of hydrogen-bond donors (Lipinski definition) is 3. The smallest absolute Gasteiger partial charge is 0.327 e. The molecule has 0 spiro atoms. The second-order valence-electron chi connectivity index (χ2n) is 5.07. The maximum Gasteiger partial charge on any atom is 0.417 e. The van der Waals surface area contributed by atoms with Gasteiger partial charge in [0.25, 0.3) is 11.5 Å². The number of amides is 2. The molecule has 3 N–H and O–H groups in total. The Morgan fingerprint density at radius 3 is 2.52 bits per heavy atom. The van der Waals surface area contributed by atoms with Crippen LogP contribution in [0, 0.1) is 0 Å². The van der Waals surface area contributed by atoms with Gasteiger partial charge in [0, 0.05) is 23.9 Å². The van der Waals surface area contributed by atoms with Gasteiger partial charge in [-0.2, -0.15) is 13.2 Å². The molecular formula is C16H14F3N3O3. The highest BCUT2D eigenvalue weighted by atomic mass is 19.4. The van der Waals surface area contributed by atoms with Crippen molar-refractivity contribution in [1.82, 2.24) is 4.98 Å². The normalized spacial score (nSPS) is 11.0. The number of carbonyl (C=O) groups is 2. The maximum absolute atomic E-state index is 12.7. The first kappa shape index (κ1) is 18.2. The first-order valence-corrected chi connectivity index (χ1v) is 7.22. The Bertz CT molecular complexity index is 859. The predicted octanol–water partition coefficient (Wildman–Crippen LogP) is 2.99. The van der Waals surface area contributed by atoms with E-state index < -0.39 is 28.9 Å². The molecule has 6 nitrogen and oxygen atoms in total. The molecule has 0 saturated carbocycles. The lowest BCUT2D eigenvalue weighted by molar-refractivity contribution is -0.137. The standard InChI is InChI=1S/C16H14F3N3O3/c1-2-13(23)21-11-5-3-4-9(6-11)14(24)22-12-7-10(16(17,18)19)8-20-15(12)25/h3-8H,2H2,1H3,(H,20,25)(H,21,23)(H,22,24). The molecule has 1 aromatic carbocycles. The number of nitrogens with one attached hydrogen (secondary N) is 3. The van der Waals surface area contributed by atoms with Crippen molar-refractivity contribution in [2.24, 2.45) is 0 Å². The number of aromatic amines is 1. The van der Waals surface area contributed by atoms with Crippen LogP contribution in [0.4, 0.5) is 24.5 Å². The number of hydrogen-bond acceptors (Lipinski definition) is 3. The van der Waals surface area contributed by atoms with Crippen molar-refractivity contribution in [2.75, 3.05) is 10.6 Å². The van der Waals surface area contributed by atoms with Gasteiger partial charge in [-0.25, -0.2) is 0 Å². The fraction of sp³-hybridized carbons (Fsp3) is 0.188. The Morgan fingerprint density at radius 2 is 1.88 bits per heavy atom. The van der Waals surface area contributed by atoms with Crippen LogP contribution in [0.2, 0.25) is 0 Å². The van der Waals surface area contributed by atoms with Gasteiger partial charge in [0.2, 0.25) is 5.91 Å². The van der Waals surface area contributed by atoms with E-state index in [1.807, 2.05) is 4.98 Å². The fourth-order valence-corrected chi connectivity index (χ4v) is 1.92. The van der Waals surface area contributed by atoms with E-state index in [4.69, 9.17) is 0 Å². The van der Waals surface area contributed by atoms with E-state index >= 15 is 0 Å². The lowest BCUT2D eigenvalue weighted by atomic mass is 10.1. The molecule has 9 heteroatoms. The van der Waals surface area contributed by atoms with Crippen molar-refractivity contribution in [3.63, 3.8) is 0 Å². The molecule has 132 valence electrons. The van der Waals surface area contributed by atoms with Crippen LogP contribution in [0.15, 0.2) is 41.3 Å². The summed E-state index contributed by atoms with van der Waals surface area (Å²) in [7, 11) is 0. The van der Waals surface area contributed by atoms with Crippen molar-refractivity contribution < 1.29 is 22.8 Å². The van der Waals surface area contributed by atoms with Gasteiger partial charge in [0.05, 0.1) is 5.56 Å². The highest BCUT2D eigenvalue weighted by Crippen LogP contribution is 2.29. The predicted molar refractivity (Wildman–Crippen MR) is 85.4 cm³/mol. The van der Waals surface area contributed by atoms with Gasteiger partial charge < -0.3 is 15.6 Å². The summed E-state index contributed by atoms with van der Waals surface area (Å²) in [6.07, 6.45) is -3.89. The molecule has 2 rings (SSSR count). The first-order valence-electron chi connectivity index (χ1n) is 7.22.